The van der Waals surface area contributed by atoms with Crippen molar-refractivity contribution in [2.45, 2.75) is 30.2 Å². The predicted octanol–water partition coefficient (Wildman–Crippen LogP) is 4.74. The number of nitrogens with zero attached hydrogens (tertiary/aromatic N) is 2. The van der Waals surface area contributed by atoms with Crippen molar-refractivity contribution in [2.75, 3.05) is 6.54 Å². The Balaban J connectivity index is 1.68. The minimum Gasteiger partial charge on any atom is -0.368 e. The number of nitro benzene ring substituents is 1. The number of pyridine rings is 1. The van der Waals surface area contributed by atoms with Crippen molar-refractivity contribution in [1.29, 1.82) is 0 Å². The molecule has 0 bridgehead atoms. The van der Waals surface area contributed by atoms with Crippen molar-refractivity contribution in [3.05, 3.63) is 99.9 Å². The number of nitro groups is 1. The molecule has 13 heteroatoms. The van der Waals surface area contributed by atoms with Crippen molar-refractivity contribution in [3.63, 3.8) is 0 Å². The van der Waals surface area contributed by atoms with Crippen LogP contribution in [0.2, 0.25) is 0 Å². The van der Waals surface area contributed by atoms with Crippen LogP contribution >= 0.6 is 0 Å². The lowest BCUT2D eigenvalue weighted by atomic mass is 9.97. The van der Waals surface area contributed by atoms with Crippen LogP contribution in [0.3, 0.4) is 0 Å². The molecule has 1 aromatic heterocycles. The highest BCUT2D eigenvalue weighted by atomic mass is 32.2. The zero-order valence-corrected chi connectivity index (χ0v) is 21.6. The van der Waals surface area contributed by atoms with E-state index in [0.717, 1.165) is 5.56 Å². The molecule has 1 atom stereocenters. The quantitative estimate of drug-likeness (QED) is 0.101. The number of rotatable bonds is 11. The average molecular weight is 571 g/mol. The van der Waals surface area contributed by atoms with Crippen LogP contribution in [0.1, 0.15) is 35.7 Å². The Labute approximate surface area is 227 Å². The molecular weight excluding hydrogens is 546 g/mol. The van der Waals surface area contributed by atoms with Gasteiger partial charge >= 0.3 is 0 Å². The summed E-state index contributed by atoms with van der Waals surface area (Å²) in [5.41, 5.74) is 6.78. The molecule has 0 aliphatic rings. The Morgan fingerprint density at radius 1 is 1.05 bits per heavy atom. The number of nitrogens with two attached hydrogens (primary N) is 1. The highest BCUT2D eigenvalue weighted by Crippen LogP contribution is 2.34. The van der Waals surface area contributed by atoms with Crippen molar-refractivity contribution < 1.29 is 31.5 Å². The fraction of sp³-hybridized carbons (Fsp3) is 0.185. The van der Waals surface area contributed by atoms with Crippen molar-refractivity contribution in [3.8, 4) is 11.1 Å². The number of halogens is 2. The van der Waals surface area contributed by atoms with Crippen LogP contribution in [0.15, 0.2) is 77.8 Å². The molecule has 3 aromatic carbocycles. The topological polar surface area (TPSA) is 166 Å². The lowest BCUT2D eigenvalue weighted by molar-refractivity contribution is -0.384. The molecule has 1 heterocycles. The molecule has 10 nitrogen and oxygen atoms in total. The van der Waals surface area contributed by atoms with E-state index in [9.17, 15) is 36.7 Å². The Bertz CT molecular complexity index is 1680. The molecule has 0 aliphatic carbocycles. The second-order valence-electron chi connectivity index (χ2n) is 8.98. The second kappa shape index (κ2) is 11.8. The Kier molecular flexibility index (Phi) is 8.47. The molecule has 40 heavy (non-hydrogen) atoms. The first kappa shape index (κ1) is 28.7. The number of hydrogen-bond acceptors (Lipinski definition) is 7. The Morgan fingerprint density at radius 2 is 1.77 bits per heavy atom. The SMILES string of the molecule is NC(=O)C(NCCCc1ccc([N+](=O)[O-])cc1)c1nccc2c(S(=O)(=O)O)cc(-c3cccc(C(F)F)c3)cc12. The van der Waals surface area contributed by atoms with Crippen LogP contribution in [0.4, 0.5) is 14.5 Å². The summed E-state index contributed by atoms with van der Waals surface area (Å²) in [6.45, 7) is 0.282. The first-order valence-electron chi connectivity index (χ1n) is 12.0. The van der Waals surface area contributed by atoms with Gasteiger partial charge in [0.15, 0.2) is 0 Å². The van der Waals surface area contributed by atoms with Gasteiger partial charge in [0, 0.05) is 34.7 Å². The number of aryl methyl sites for hydroxylation is 1. The number of carbonyl (C=O) groups is 1. The van der Waals surface area contributed by atoms with Crippen LogP contribution in [-0.4, -0.2) is 35.3 Å². The number of non-ortho nitro benzene ring substituents is 1. The first-order valence-corrected chi connectivity index (χ1v) is 13.4. The third kappa shape index (κ3) is 6.45. The fourth-order valence-electron chi connectivity index (χ4n) is 4.39. The van der Waals surface area contributed by atoms with E-state index in [2.05, 4.69) is 10.3 Å². The van der Waals surface area contributed by atoms with E-state index in [1.165, 1.54) is 60.8 Å². The number of fused-ring (bicyclic) bond motifs is 1. The van der Waals surface area contributed by atoms with Gasteiger partial charge in [0.05, 0.1) is 10.6 Å². The molecule has 0 spiro atoms. The monoisotopic (exact) mass is 570 g/mol. The molecule has 208 valence electrons. The highest BCUT2D eigenvalue weighted by Gasteiger charge is 2.25. The highest BCUT2D eigenvalue weighted by molar-refractivity contribution is 7.86. The first-order chi connectivity index (χ1) is 19.0. The summed E-state index contributed by atoms with van der Waals surface area (Å²) < 4.78 is 61.2. The summed E-state index contributed by atoms with van der Waals surface area (Å²) in [5.74, 6) is -0.797. The molecule has 0 radical (unpaired) electrons. The standard InChI is InChI=1S/C27H24F2N4O6S/c28-26(29)18-5-1-4-17(13-18)19-14-22-21(23(15-19)40(37,38)39)10-12-32-24(22)25(27(30)34)31-11-2-3-16-6-8-20(9-7-16)33(35)36/h1,4-10,12-15,25-26,31H,2-3,11H2,(H2,30,34)(H,37,38,39). The number of carbonyl (C=O) groups excluding carboxylic acids is 1. The largest absolute Gasteiger partial charge is 0.368 e. The van der Waals surface area contributed by atoms with E-state index in [1.54, 1.807) is 12.1 Å². The zero-order valence-electron chi connectivity index (χ0n) is 20.8. The number of aromatic nitrogens is 1. The molecule has 4 aromatic rings. The molecule has 0 fully saturated rings. The van der Waals surface area contributed by atoms with Gasteiger partial charge in [-0.2, -0.15) is 8.42 Å². The number of amides is 1. The van der Waals surface area contributed by atoms with Crippen LogP contribution in [0, 0.1) is 10.1 Å². The maximum absolute atomic E-state index is 13.3. The summed E-state index contributed by atoms with van der Waals surface area (Å²) in [4.78, 5) is 26.6. The summed E-state index contributed by atoms with van der Waals surface area (Å²) in [6.07, 6.45) is -0.420. The molecule has 4 rings (SSSR count). The van der Waals surface area contributed by atoms with Crippen LogP contribution in [0.25, 0.3) is 21.9 Å². The smallest absolute Gasteiger partial charge is 0.295 e. The van der Waals surface area contributed by atoms with Crippen molar-refractivity contribution >= 4 is 32.5 Å². The van der Waals surface area contributed by atoms with E-state index in [1.807, 2.05) is 0 Å². The number of benzene rings is 3. The van der Waals surface area contributed by atoms with Crippen molar-refractivity contribution in [2.24, 2.45) is 5.73 Å². The van der Waals surface area contributed by atoms with Crippen LogP contribution in [0.5, 0.6) is 0 Å². The lowest BCUT2D eigenvalue weighted by Crippen LogP contribution is -2.35. The van der Waals surface area contributed by atoms with Crippen molar-refractivity contribution in [1.82, 2.24) is 10.3 Å². The maximum atomic E-state index is 13.3. The van der Waals surface area contributed by atoms with E-state index in [4.69, 9.17) is 5.73 Å². The van der Waals surface area contributed by atoms with E-state index in [0.29, 0.717) is 12.8 Å². The molecule has 1 unspecified atom stereocenters. The Morgan fingerprint density at radius 3 is 2.40 bits per heavy atom. The predicted molar refractivity (Wildman–Crippen MR) is 143 cm³/mol. The molecular formula is C27H24F2N4O6S. The van der Waals surface area contributed by atoms with Gasteiger partial charge in [-0.15, -0.1) is 0 Å². The van der Waals surface area contributed by atoms with E-state index in [-0.39, 0.29) is 45.4 Å². The van der Waals surface area contributed by atoms with Gasteiger partial charge in [-0.25, -0.2) is 8.78 Å². The third-order valence-corrected chi connectivity index (χ3v) is 7.21. The average Bonchev–Trinajstić information content (AvgIpc) is 2.92. The number of alkyl halides is 2. The van der Waals surface area contributed by atoms with Crippen LogP contribution in [-0.2, 0) is 21.3 Å². The number of primary amides is 1. The van der Waals surface area contributed by atoms with Gasteiger partial charge < -0.3 is 11.1 Å². The number of hydrogen-bond donors (Lipinski definition) is 3. The van der Waals surface area contributed by atoms with Gasteiger partial charge in [0.1, 0.15) is 10.9 Å². The van der Waals surface area contributed by atoms with Gasteiger partial charge in [0.2, 0.25) is 5.91 Å². The van der Waals surface area contributed by atoms with E-state index < -0.39 is 38.3 Å². The van der Waals surface area contributed by atoms with Crippen LogP contribution < -0.4 is 11.1 Å². The summed E-state index contributed by atoms with van der Waals surface area (Å²) in [7, 11) is -4.76. The summed E-state index contributed by atoms with van der Waals surface area (Å²) in [5, 5.41) is 14.1. The summed E-state index contributed by atoms with van der Waals surface area (Å²) >= 11 is 0. The van der Waals surface area contributed by atoms with Gasteiger partial charge in [0.25, 0.3) is 22.2 Å². The second-order valence-corrected chi connectivity index (χ2v) is 10.4. The zero-order chi connectivity index (χ0) is 29.0. The molecule has 0 saturated heterocycles. The fourth-order valence-corrected chi connectivity index (χ4v) is 5.12. The minimum atomic E-state index is -4.76. The normalized spacial score (nSPS) is 12.5. The third-order valence-electron chi connectivity index (χ3n) is 6.32. The maximum Gasteiger partial charge on any atom is 0.295 e. The van der Waals surface area contributed by atoms with Gasteiger partial charge in [-0.05, 0) is 60.3 Å². The molecule has 4 N–H and O–H groups in total. The minimum absolute atomic E-state index is 0.0257. The molecule has 0 saturated carbocycles. The number of nitrogens with one attached hydrogen (secondary N) is 1. The summed E-state index contributed by atoms with van der Waals surface area (Å²) in [6, 6.07) is 14.3. The lowest BCUT2D eigenvalue weighted by Gasteiger charge is -2.18. The molecule has 0 aliphatic heterocycles. The van der Waals surface area contributed by atoms with Gasteiger partial charge in [-0.1, -0.05) is 30.3 Å². The molecule has 1 amide bonds. The van der Waals surface area contributed by atoms with E-state index >= 15 is 0 Å². The van der Waals surface area contributed by atoms with Gasteiger partial charge in [-0.3, -0.25) is 24.4 Å². The Hall–Kier alpha value is -4.33.